The Morgan fingerprint density at radius 2 is 1.61 bits per heavy atom. The average molecular weight is 847 g/mol. The maximum absolute atomic E-state index is 16.2. The summed E-state index contributed by atoms with van der Waals surface area (Å²) in [6.45, 7) is 17.6. The molecule has 14 nitrogen and oxygen atoms in total. The van der Waals surface area contributed by atoms with Gasteiger partial charge < -0.3 is 19.4 Å². The van der Waals surface area contributed by atoms with E-state index in [1.807, 2.05) is 25.1 Å². The van der Waals surface area contributed by atoms with Crippen molar-refractivity contribution < 1.29 is 23.5 Å². The van der Waals surface area contributed by atoms with Crippen molar-refractivity contribution in [2.75, 3.05) is 68.7 Å². The molecule has 6 aliphatic rings. The molecule has 4 saturated heterocycles. The van der Waals surface area contributed by atoms with Crippen LogP contribution in [0, 0.1) is 24.6 Å². The molecule has 2 aromatic carbocycles. The Kier molecular flexibility index (Phi) is 10.5. The lowest BCUT2D eigenvalue weighted by Gasteiger charge is -2.50. The third kappa shape index (κ3) is 7.90. The van der Waals surface area contributed by atoms with E-state index in [9.17, 15) is 14.4 Å². The molecule has 1 unspecified atom stereocenters. The lowest BCUT2D eigenvalue weighted by atomic mass is 9.90. The molecule has 10 rings (SSSR count). The Labute approximate surface area is 362 Å². The number of nitrogens with zero attached hydrogens (tertiary/aromatic N) is 8. The highest BCUT2D eigenvalue weighted by Gasteiger charge is 2.43. The Balaban J connectivity index is 0.700. The molecular weight excluding hydrogens is 788 g/mol. The summed E-state index contributed by atoms with van der Waals surface area (Å²) in [5.41, 5.74) is 4.61. The van der Waals surface area contributed by atoms with Crippen molar-refractivity contribution in [3.63, 3.8) is 0 Å². The number of anilines is 2. The number of carbonyl (C=O) groups excluding carboxylic acids is 3. The van der Waals surface area contributed by atoms with Crippen LogP contribution >= 0.6 is 0 Å². The van der Waals surface area contributed by atoms with Gasteiger partial charge in [-0.15, -0.1) is 0 Å². The average Bonchev–Trinajstić information content (AvgIpc) is 3.65. The highest BCUT2D eigenvalue weighted by molar-refractivity contribution is 6.06. The summed E-state index contributed by atoms with van der Waals surface area (Å²) in [6, 6.07) is 9.24. The first-order chi connectivity index (χ1) is 29.8. The standard InChI is InChI=1S/C47H59FN10O4/c1-29-21-38(42(48)34-26-58(45(61)41(29)34)37-7-8-40(59)51-44(37)60)55-15-9-30(10-16-55)24-54-19-20-57(46(2,3)27-54)25-31-11-17-56(18-12-31)39-23-36(49-28-50-39)43-33-22-32(62-47(4)13-14-47)5-6-35(33)52-53-43/h5-6,21-23,28,30-31,37H,7-20,24-27H2,1-4H3,(H,52,53)(H,51,59,60). The monoisotopic (exact) mass is 846 g/mol. The SMILES string of the molecule is Cc1cc(N2CCC(CN3CCN(CC4CCN(c5cc(-c6n[nH]c7ccc(OC8(C)CC8)cc67)ncn5)CC4)C(C)(C)C3)CC2)c(F)c2c1C(=O)N(C1CCC(=O)NC1=O)C2. The molecule has 0 bridgehead atoms. The predicted molar refractivity (Wildman–Crippen MR) is 235 cm³/mol. The number of aryl methyl sites for hydroxylation is 1. The van der Waals surface area contributed by atoms with Gasteiger partial charge in [-0.1, -0.05) is 0 Å². The summed E-state index contributed by atoms with van der Waals surface area (Å²) in [4.78, 5) is 58.3. The number of halogens is 1. The number of aromatic nitrogens is 4. The van der Waals surface area contributed by atoms with Crippen LogP contribution in [-0.2, 0) is 16.1 Å². The first-order valence-electron chi connectivity index (χ1n) is 22.7. The number of H-pyrrole nitrogens is 1. The molecule has 2 aromatic heterocycles. The third-order valence-electron chi connectivity index (χ3n) is 14.7. The molecule has 7 heterocycles. The van der Waals surface area contributed by atoms with E-state index >= 15 is 4.39 Å². The number of hydrogen-bond acceptors (Lipinski definition) is 11. The topological polar surface area (TPSA) is 143 Å². The van der Waals surface area contributed by atoms with Crippen molar-refractivity contribution in [1.82, 2.24) is 40.2 Å². The van der Waals surface area contributed by atoms with E-state index in [4.69, 9.17) is 9.72 Å². The number of imide groups is 1. The summed E-state index contributed by atoms with van der Waals surface area (Å²) in [7, 11) is 0. The van der Waals surface area contributed by atoms with Gasteiger partial charge in [0.15, 0.2) is 5.82 Å². The second-order valence-electron chi connectivity index (χ2n) is 19.7. The molecular formula is C47H59FN10O4. The Morgan fingerprint density at radius 3 is 2.34 bits per heavy atom. The van der Waals surface area contributed by atoms with Crippen molar-refractivity contribution in [1.29, 1.82) is 0 Å². The van der Waals surface area contributed by atoms with Gasteiger partial charge in [0.1, 0.15) is 35.2 Å². The van der Waals surface area contributed by atoms with E-state index in [2.05, 4.69) is 73.0 Å². The van der Waals surface area contributed by atoms with E-state index < -0.39 is 11.9 Å². The molecule has 0 spiro atoms. The molecule has 5 fully saturated rings. The van der Waals surface area contributed by atoms with Crippen LogP contribution in [0.2, 0.25) is 0 Å². The molecule has 4 aromatic rings. The Bertz CT molecular complexity index is 2400. The lowest BCUT2D eigenvalue weighted by Crippen LogP contribution is -2.61. The van der Waals surface area contributed by atoms with Crippen LogP contribution in [0.25, 0.3) is 22.3 Å². The molecule has 3 amide bonds. The van der Waals surface area contributed by atoms with Crippen LogP contribution in [0.5, 0.6) is 5.75 Å². The predicted octanol–water partition coefficient (Wildman–Crippen LogP) is 5.69. The number of ether oxygens (including phenoxy) is 1. The number of carbonyl (C=O) groups is 3. The molecule has 2 N–H and O–H groups in total. The van der Waals surface area contributed by atoms with Gasteiger partial charge in [0.05, 0.1) is 29.0 Å². The molecule has 0 radical (unpaired) electrons. The van der Waals surface area contributed by atoms with Gasteiger partial charge in [0.25, 0.3) is 5.91 Å². The van der Waals surface area contributed by atoms with Crippen LogP contribution in [-0.4, -0.2) is 129 Å². The number of piperazine rings is 1. The van der Waals surface area contributed by atoms with Gasteiger partial charge in [-0.2, -0.15) is 5.10 Å². The number of aromatic amines is 1. The van der Waals surface area contributed by atoms with Crippen molar-refractivity contribution in [3.05, 3.63) is 59.2 Å². The summed E-state index contributed by atoms with van der Waals surface area (Å²) in [5.74, 6) is 1.47. The van der Waals surface area contributed by atoms with Gasteiger partial charge in [-0.25, -0.2) is 14.4 Å². The number of benzene rings is 2. The summed E-state index contributed by atoms with van der Waals surface area (Å²) >= 11 is 0. The van der Waals surface area contributed by atoms with E-state index in [1.165, 1.54) is 4.90 Å². The number of fused-ring (bicyclic) bond motifs is 2. The second-order valence-corrected chi connectivity index (χ2v) is 19.7. The number of amides is 3. The highest BCUT2D eigenvalue weighted by atomic mass is 19.1. The lowest BCUT2D eigenvalue weighted by molar-refractivity contribution is -0.136. The molecule has 1 aliphatic carbocycles. The van der Waals surface area contributed by atoms with E-state index in [1.54, 1.807) is 6.33 Å². The minimum atomic E-state index is -0.761. The molecule has 5 aliphatic heterocycles. The van der Waals surface area contributed by atoms with Crippen LogP contribution in [0.4, 0.5) is 15.9 Å². The first kappa shape index (κ1) is 40.9. The summed E-state index contributed by atoms with van der Waals surface area (Å²) < 4.78 is 22.5. The van der Waals surface area contributed by atoms with Crippen molar-refractivity contribution in [2.24, 2.45) is 11.8 Å². The van der Waals surface area contributed by atoms with Gasteiger partial charge in [-0.3, -0.25) is 34.6 Å². The van der Waals surface area contributed by atoms with Crippen LogP contribution < -0.4 is 19.9 Å². The largest absolute Gasteiger partial charge is 0.488 e. The van der Waals surface area contributed by atoms with Crippen molar-refractivity contribution >= 4 is 40.1 Å². The fraction of sp³-hybridized carbons (Fsp3) is 0.574. The molecule has 15 heteroatoms. The quantitative estimate of drug-likeness (QED) is 0.190. The van der Waals surface area contributed by atoms with Crippen LogP contribution in [0.15, 0.2) is 36.7 Å². The van der Waals surface area contributed by atoms with Crippen molar-refractivity contribution in [3.8, 4) is 17.1 Å². The van der Waals surface area contributed by atoms with Gasteiger partial charge in [0.2, 0.25) is 11.8 Å². The van der Waals surface area contributed by atoms with E-state index in [-0.39, 0.29) is 48.2 Å². The Morgan fingerprint density at radius 1 is 0.871 bits per heavy atom. The maximum Gasteiger partial charge on any atom is 0.255 e. The minimum Gasteiger partial charge on any atom is -0.488 e. The second kappa shape index (κ2) is 15.9. The zero-order valence-corrected chi connectivity index (χ0v) is 36.5. The van der Waals surface area contributed by atoms with Gasteiger partial charge in [-0.05, 0) is 114 Å². The summed E-state index contributed by atoms with van der Waals surface area (Å²) in [5, 5.41) is 11.2. The maximum atomic E-state index is 16.2. The normalized spacial score (nSPS) is 23.6. The van der Waals surface area contributed by atoms with Gasteiger partial charge >= 0.3 is 0 Å². The fourth-order valence-corrected chi connectivity index (χ4v) is 10.8. The fourth-order valence-electron chi connectivity index (χ4n) is 10.8. The zero-order valence-electron chi connectivity index (χ0n) is 36.5. The van der Waals surface area contributed by atoms with Crippen LogP contribution in [0.1, 0.15) is 93.6 Å². The smallest absolute Gasteiger partial charge is 0.255 e. The minimum absolute atomic E-state index is 0.0463. The third-order valence-corrected chi connectivity index (χ3v) is 14.7. The molecule has 62 heavy (non-hydrogen) atoms. The molecule has 328 valence electrons. The molecule has 1 atom stereocenters. The molecule has 1 saturated carbocycles. The first-order valence-corrected chi connectivity index (χ1v) is 22.7. The number of nitrogens with one attached hydrogen (secondary N) is 2. The number of rotatable bonds is 10. The zero-order chi connectivity index (χ0) is 42.9. The van der Waals surface area contributed by atoms with E-state index in [0.29, 0.717) is 28.7 Å². The van der Waals surface area contributed by atoms with Crippen LogP contribution in [0.3, 0.4) is 0 Å². The number of hydrogen-bond donors (Lipinski definition) is 2. The van der Waals surface area contributed by atoms with Gasteiger partial charge in [0, 0.05) is 87.9 Å². The Hall–Kier alpha value is -5.15. The van der Waals surface area contributed by atoms with E-state index in [0.717, 1.165) is 137 Å². The summed E-state index contributed by atoms with van der Waals surface area (Å²) in [6.07, 6.45) is 8.47. The highest BCUT2D eigenvalue weighted by Crippen LogP contribution is 2.41. The number of piperidine rings is 3. The van der Waals surface area contributed by atoms with Crippen molar-refractivity contribution in [2.45, 2.75) is 103 Å².